The predicted molar refractivity (Wildman–Crippen MR) is 83.0 cm³/mol. The van der Waals surface area contributed by atoms with Crippen LogP contribution in [0, 0.1) is 0 Å². The van der Waals surface area contributed by atoms with Gasteiger partial charge in [0.1, 0.15) is 0 Å². The standard InChI is InChI=1S/C15H30N2O2S/c1-17(15(13-16)11-7-2-3-8-12-15)20(18,19)14-9-5-4-6-10-14/h14H,2-13,16H2,1H3. The summed E-state index contributed by atoms with van der Waals surface area (Å²) >= 11 is 0. The SMILES string of the molecule is CN(C1(CN)CCCCCC1)S(=O)(=O)C1CCCCC1. The minimum absolute atomic E-state index is 0.173. The van der Waals surface area contributed by atoms with Gasteiger partial charge in [-0.3, -0.25) is 0 Å². The number of hydrogen-bond acceptors (Lipinski definition) is 3. The Kier molecular flexibility index (Phi) is 5.49. The van der Waals surface area contributed by atoms with Gasteiger partial charge in [0.25, 0.3) is 0 Å². The summed E-state index contributed by atoms with van der Waals surface area (Å²) in [5, 5.41) is -0.173. The van der Waals surface area contributed by atoms with Crippen molar-refractivity contribution in [1.82, 2.24) is 4.31 Å². The normalized spacial score (nSPS) is 25.6. The van der Waals surface area contributed by atoms with E-state index in [1.807, 2.05) is 0 Å². The molecule has 2 rings (SSSR count). The lowest BCUT2D eigenvalue weighted by molar-refractivity contribution is 0.192. The van der Waals surface area contributed by atoms with E-state index < -0.39 is 10.0 Å². The second kappa shape index (κ2) is 6.75. The summed E-state index contributed by atoms with van der Waals surface area (Å²) in [6.07, 6.45) is 11.4. The first kappa shape index (κ1) is 16.2. The van der Waals surface area contributed by atoms with Crippen LogP contribution in [0.4, 0.5) is 0 Å². The molecule has 2 aliphatic rings. The zero-order chi connectivity index (χ0) is 14.6. The Bertz CT molecular complexity index is 394. The van der Waals surface area contributed by atoms with Crippen molar-refractivity contribution in [2.75, 3.05) is 13.6 Å². The second-order valence-corrected chi connectivity index (χ2v) is 8.86. The fourth-order valence-electron chi connectivity index (χ4n) is 3.89. The highest BCUT2D eigenvalue weighted by molar-refractivity contribution is 7.89. The highest BCUT2D eigenvalue weighted by Gasteiger charge is 2.43. The molecular formula is C15H30N2O2S. The molecular weight excluding hydrogens is 272 g/mol. The largest absolute Gasteiger partial charge is 0.329 e. The molecule has 5 heteroatoms. The molecule has 0 aromatic heterocycles. The van der Waals surface area contributed by atoms with E-state index in [-0.39, 0.29) is 10.8 Å². The molecule has 2 aliphatic carbocycles. The Morgan fingerprint density at radius 2 is 1.50 bits per heavy atom. The molecule has 2 fully saturated rings. The third-order valence-corrected chi connectivity index (χ3v) is 7.90. The summed E-state index contributed by atoms with van der Waals surface area (Å²) in [6, 6.07) is 0. The molecule has 0 aromatic carbocycles. The molecule has 0 radical (unpaired) electrons. The Hall–Kier alpha value is -0.130. The molecule has 4 nitrogen and oxygen atoms in total. The first-order chi connectivity index (χ1) is 9.53. The summed E-state index contributed by atoms with van der Waals surface area (Å²) in [7, 11) is -1.42. The van der Waals surface area contributed by atoms with Crippen LogP contribution in [0.1, 0.15) is 70.6 Å². The molecule has 0 saturated heterocycles. The molecule has 0 aliphatic heterocycles. The van der Waals surface area contributed by atoms with Gasteiger partial charge in [-0.25, -0.2) is 8.42 Å². The molecule has 20 heavy (non-hydrogen) atoms. The lowest BCUT2D eigenvalue weighted by Crippen LogP contribution is -2.56. The summed E-state index contributed by atoms with van der Waals surface area (Å²) in [5.41, 5.74) is 5.70. The van der Waals surface area contributed by atoms with Gasteiger partial charge >= 0.3 is 0 Å². The van der Waals surface area contributed by atoms with E-state index >= 15 is 0 Å². The van der Waals surface area contributed by atoms with Gasteiger partial charge in [-0.05, 0) is 25.7 Å². The van der Waals surface area contributed by atoms with Gasteiger partial charge in [0.05, 0.1) is 5.25 Å². The molecule has 0 atom stereocenters. The minimum atomic E-state index is -3.20. The number of nitrogens with two attached hydrogens (primary N) is 1. The van der Waals surface area contributed by atoms with Crippen LogP contribution in [0.3, 0.4) is 0 Å². The average molecular weight is 302 g/mol. The first-order valence-corrected chi connectivity index (χ1v) is 9.71. The van der Waals surface area contributed by atoms with Crippen molar-refractivity contribution in [2.45, 2.75) is 81.4 Å². The van der Waals surface area contributed by atoms with Gasteiger partial charge < -0.3 is 5.73 Å². The van der Waals surface area contributed by atoms with Crippen LogP contribution in [0.25, 0.3) is 0 Å². The van der Waals surface area contributed by atoms with Crippen molar-refractivity contribution in [2.24, 2.45) is 5.73 Å². The summed E-state index contributed by atoms with van der Waals surface area (Å²) in [6.45, 7) is 0.454. The quantitative estimate of drug-likeness (QED) is 0.812. The molecule has 0 amide bonds. The Labute approximate surface area is 124 Å². The zero-order valence-electron chi connectivity index (χ0n) is 12.8. The Morgan fingerprint density at radius 3 is 2.00 bits per heavy atom. The molecule has 0 aromatic rings. The van der Waals surface area contributed by atoms with E-state index in [9.17, 15) is 8.42 Å². The maximum absolute atomic E-state index is 12.9. The summed E-state index contributed by atoms with van der Waals surface area (Å²) < 4.78 is 27.5. The van der Waals surface area contributed by atoms with Crippen molar-refractivity contribution in [3.05, 3.63) is 0 Å². The third-order valence-electron chi connectivity index (χ3n) is 5.44. The van der Waals surface area contributed by atoms with Gasteiger partial charge in [-0.15, -0.1) is 0 Å². The van der Waals surface area contributed by atoms with Crippen LogP contribution in [0.15, 0.2) is 0 Å². The van der Waals surface area contributed by atoms with Crippen molar-refractivity contribution in [1.29, 1.82) is 0 Å². The van der Waals surface area contributed by atoms with Crippen LogP contribution in [-0.4, -0.2) is 37.1 Å². The molecule has 118 valence electrons. The number of sulfonamides is 1. The van der Waals surface area contributed by atoms with Gasteiger partial charge in [0.2, 0.25) is 10.0 Å². The van der Waals surface area contributed by atoms with Crippen molar-refractivity contribution in [3.63, 3.8) is 0 Å². The van der Waals surface area contributed by atoms with E-state index in [0.717, 1.165) is 51.4 Å². The first-order valence-electron chi connectivity index (χ1n) is 8.21. The van der Waals surface area contributed by atoms with E-state index in [4.69, 9.17) is 5.73 Å². The topological polar surface area (TPSA) is 63.4 Å². The second-order valence-electron chi connectivity index (χ2n) is 6.62. The third kappa shape index (κ3) is 3.20. The monoisotopic (exact) mass is 302 g/mol. The van der Waals surface area contributed by atoms with Crippen LogP contribution in [0.2, 0.25) is 0 Å². The van der Waals surface area contributed by atoms with Gasteiger partial charge in [-0.1, -0.05) is 44.9 Å². The van der Waals surface area contributed by atoms with Gasteiger partial charge in [0, 0.05) is 19.1 Å². The summed E-state index contributed by atoms with van der Waals surface area (Å²) in [5.74, 6) is 0. The smallest absolute Gasteiger partial charge is 0.217 e. The van der Waals surface area contributed by atoms with Crippen LogP contribution < -0.4 is 5.73 Å². The highest BCUT2D eigenvalue weighted by Crippen LogP contribution is 2.36. The van der Waals surface area contributed by atoms with Gasteiger partial charge in [0.15, 0.2) is 0 Å². The van der Waals surface area contributed by atoms with E-state index in [1.165, 1.54) is 19.3 Å². The zero-order valence-corrected chi connectivity index (χ0v) is 13.6. The summed E-state index contributed by atoms with van der Waals surface area (Å²) in [4.78, 5) is 0. The molecule has 0 bridgehead atoms. The minimum Gasteiger partial charge on any atom is -0.329 e. The number of rotatable bonds is 4. The fraction of sp³-hybridized carbons (Fsp3) is 1.00. The molecule has 0 heterocycles. The van der Waals surface area contributed by atoms with Crippen LogP contribution in [-0.2, 0) is 10.0 Å². The maximum Gasteiger partial charge on any atom is 0.217 e. The van der Waals surface area contributed by atoms with E-state index in [2.05, 4.69) is 0 Å². The van der Waals surface area contributed by atoms with Crippen LogP contribution >= 0.6 is 0 Å². The van der Waals surface area contributed by atoms with Gasteiger partial charge in [-0.2, -0.15) is 4.31 Å². The number of hydrogen-bond donors (Lipinski definition) is 1. The van der Waals surface area contributed by atoms with Crippen molar-refractivity contribution < 1.29 is 8.42 Å². The lowest BCUT2D eigenvalue weighted by atomic mass is 9.90. The lowest BCUT2D eigenvalue weighted by Gasteiger charge is -2.42. The molecule has 0 unspecified atom stereocenters. The van der Waals surface area contributed by atoms with E-state index in [0.29, 0.717) is 6.54 Å². The average Bonchev–Trinajstić information content (AvgIpc) is 2.73. The van der Waals surface area contributed by atoms with E-state index in [1.54, 1.807) is 11.4 Å². The molecule has 0 spiro atoms. The number of nitrogens with zero attached hydrogens (tertiary/aromatic N) is 1. The number of likely N-dealkylation sites (N-methyl/N-ethyl adjacent to an activating group) is 1. The molecule has 2 saturated carbocycles. The fourth-order valence-corrected chi connectivity index (χ4v) is 6.06. The Balaban J connectivity index is 2.19. The maximum atomic E-state index is 12.9. The Morgan fingerprint density at radius 1 is 1.00 bits per heavy atom. The van der Waals surface area contributed by atoms with Crippen molar-refractivity contribution in [3.8, 4) is 0 Å². The predicted octanol–water partition coefficient (Wildman–Crippen LogP) is 2.63. The molecule has 2 N–H and O–H groups in total. The van der Waals surface area contributed by atoms with Crippen LogP contribution in [0.5, 0.6) is 0 Å². The van der Waals surface area contributed by atoms with Crippen molar-refractivity contribution >= 4 is 10.0 Å². The highest BCUT2D eigenvalue weighted by atomic mass is 32.2.